The van der Waals surface area contributed by atoms with E-state index in [1.54, 1.807) is 12.4 Å². The number of nitrogens with two attached hydrogens (primary N) is 1. The van der Waals surface area contributed by atoms with Crippen molar-refractivity contribution in [3.8, 4) is 0 Å². The van der Waals surface area contributed by atoms with Crippen LogP contribution in [0.1, 0.15) is 33.1 Å². The summed E-state index contributed by atoms with van der Waals surface area (Å²) in [7, 11) is 0. The minimum atomic E-state index is 0.460. The standard InChI is InChI=1S/C10H18N4/c1-3-5-8(4-2)13-10-7-12-6-9(11)14-10/h6-8H,3-5H2,1-2H3,(H3,11,13,14). The van der Waals surface area contributed by atoms with Gasteiger partial charge in [0.05, 0.1) is 12.4 Å². The van der Waals surface area contributed by atoms with Gasteiger partial charge in [-0.05, 0) is 12.8 Å². The molecule has 0 spiro atoms. The first-order valence-corrected chi connectivity index (χ1v) is 5.10. The van der Waals surface area contributed by atoms with Crippen molar-refractivity contribution in [3.05, 3.63) is 12.4 Å². The normalized spacial score (nSPS) is 12.4. The Hall–Kier alpha value is -1.32. The van der Waals surface area contributed by atoms with Crippen LogP contribution in [-0.2, 0) is 0 Å². The largest absolute Gasteiger partial charge is 0.382 e. The maximum Gasteiger partial charge on any atom is 0.147 e. The molecule has 0 aliphatic rings. The maximum atomic E-state index is 5.54. The van der Waals surface area contributed by atoms with Crippen LogP contribution in [0.3, 0.4) is 0 Å². The second kappa shape index (κ2) is 5.42. The van der Waals surface area contributed by atoms with E-state index in [-0.39, 0.29) is 0 Å². The molecule has 4 nitrogen and oxygen atoms in total. The SMILES string of the molecule is CCCC(CC)Nc1cncc(N)n1. The van der Waals surface area contributed by atoms with Crippen molar-refractivity contribution < 1.29 is 0 Å². The number of hydrogen-bond donors (Lipinski definition) is 2. The van der Waals surface area contributed by atoms with Gasteiger partial charge in [-0.2, -0.15) is 0 Å². The van der Waals surface area contributed by atoms with Crippen LogP contribution in [0, 0.1) is 0 Å². The molecule has 1 aromatic heterocycles. The number of anilines is 2. The zero-order chi connectivity index (χ0) is 10.4. The molecule has 0 saturated carbocycles. The van der Waals surface area contributed by atoms with Gasteiger partial charge >= 0.3 is 0 Å². The van der Waals surface area contributed by atoms with Crippen LogP contribution in [0.15, 0.2) is 12.4 Å². The Kier molecular flexibility index (Phi) is 4.16. The topological polar surface area (TPSA) is 63.8 Å². The Labute approximate surface area is 85.0 Å². The molecule has 0 fully saturated rings. The third-order valence-electron chi connectivity index (χ3n) is 2.14. The minimum absolute atomic E-state index is 0.460. The first-order valence-electron chi connectivity index (χ1n) is 5.10. The van der Waals surface area contributed by atoms with Crippen LogP contribution in [-0.4, -0.2) is 16.0 Å². The Morgan fingerprint density at radius 3 is 2.79 bits per heavy atom. The van der Waals surface area contributed by atoms with Gasteiger partial charge in [0.15, 0.2) is 0 Å². The van der Waals surface area contributed by atoms with Crippen molar-refractivity contribution in [1.29, 1.82) is 0 Å². The highest BCUT2D eigenvalue weighted by atomic mass is 15.1. The molecule has 0 aromatic carbocycles. The summed E-state index contributed by atoms with van der Waals surface area (Å²) in [5.74, 6) is 1.23. The summed E-state index contributed by atoms with van der Waals surface area (Å²) in [5.41, 5.74) is 5.54. The lowest BCUT2D eigenvalue weighted by atomic mass is 10.1. The van der Waals surface area contributed by atoms with Crippen molar-refractivity contribution in [2.45, 2.75) is 39.2 Å². The fourth-order valence-corrected chi connectivity index (χ4v) is 1.39. The number of rotatable bonds is 5. The van der Waals surface area contributed by atoms with Crippen LogP contribution >= 0.6 is 0 Å². The molecule has 1 aromatic rings. The maximum absolute atomic E-state index is 5.54. The predicted octanol–water partition coefficient (Wildman–Crippen LogP) is 2.05. The summed E-state index contributed by atoms with van der Waals surface area (Å²) in [6.45, 7) is 4.34. The molecule has 1 heterocycles. The molecule has 0 bridgehead atoms. The van der Waals surface area contributed by atoms with Crippen molar-refractivity contribution in [2.24, 2.45) is 0 Å². The minimum Gasteiger partial charge on any atom is -0.382 e. The first-order chi connectivity index (χ1) is 6.76. The average Bonchev–Trinajstić information content (AvgIpc) is 2.17. The van der Waals surface area contributed by atoms with Crippen LogP contribution in [0.25, 0.3) is 0 Å². The summed E-state index contributed by atoms with van der Waals surface area (Å²) >= 11 is 0. The zero-order valence-electron chi connectivity index (χ0n) is 8.83. The van der Waals surface area contributed by atoms with E-state index in [1.807, 2.05) is 0 Å². The molecule has 4 heteroatoms. The predicted molar refractivity (Wildman–Crippen MR) is 59.1 cm³/mol. The lowest BCUT2D eigenvalue weighted by molar-refractivity contribution is 0.620. The number of nitrogen functional groups attached to an aromatic ring is 1. The van der Waals surface area contributed by atoms with E-state index in [0.29, 0.717) is 11.9 Å². The van der Waals surface area contributed by atoms with Crippen LogP contribution in [0.5, 0.6) is 0 Å². The molecule has 14 heavy (non-hydrogen) atoms. The van der Waals surface area contributed by atoms with E-state index in [1.165, 1.54) is 6.42 Å². The lowest BCUT2D eigenvalue weighted by Crippen LogP contribution is -2.19. The molecule has 3 N–H and O–H groups in total. The second-order valence-electron chi connectivity index (χ2n) is 3.37. The summed E-state index contributed by atoms with van der Waals surface area (Å²) in [6, 6.07) is 0.469. The zero-order valence-corrected chi connectivity index (χ0v) is 8.83. The first kappa shape index (κ1) is 10.8. The highest BCUT2D eigenvalue weighted by Crippen LogP contribution is 2.10. The van der Waals surface area contributed by atoms with Crippen LogP contribution in [0.4, 0.5) is 11.6 Å². The Balaban J connectivity index is 2.57. The van der Waals surface area contributed by atoms with E-state index >= 15 is 0 Å². The lowest BCUT2D eigenvalue weighted by Gasteiger charge is -2.16. The van der Waals surface area contributed by atoms with E-state index in [0.717, 1.165) is 18.7 Å². The van der Waals surface area contributed by atoms with E-state index in [9.17, 15) is 0 Å². The van der Waals surface area contributed by atoms with Crippen molar-refractivity contribution >= 4 is 11.6 Å². The van der Waals surface area contributed by atoms with Gasteiger partial charge in [0.25, 0.3) is 0 Å². The summed E-state index contributed by atoms with van der Waals surface area (Å²) in [5, 5.41) is 3.32. The van der Waals surface area contributed by atoms with Gasteiger partial charge in [0.2, 0.25) is 0 Å². The van der Waals surface area contributed by atoms with Crippen LogP contribution < -0.4 is 11.1 Å². The Bertz CT molecular complexity index is 275. The fraction of sp³-hybridized carbons (Fsp3) is 0.600. The quantitative estimate of drug-likeness (QED) is 0.753. The monoisotopic (exact) mass is 194 g/mol. The van der Waals surface area contributed by atoms with E-state index < -0.39 is 0 Å². The van der Waals surface area contributed by atoms with Gasteiger partial charge in [-0.15, -0.1) is 0 Å². The van der Waals surface area contributed by atoms with Gasteiger partial charge < -0.3 is 11.1 Å². The third-order valence-corrected chi connectivity index (χ3v) is 2.14. The van der Waals surface area contributed by atoms with E-state index in [4.69, 9.17) is 5.73 Å². The number of aromatic nitrogens is 2. The summed E-state index contributed by atoms with van der Waals surface area (Å²) < 4.78 is 0. The van der Waals surface area contributed by atoms with Gasteiger partial charge in [-0.1, -0.05) is 20.3 Å². The van der Waals surface area contributed by atoms with Gasteiger partial charge in [-0.25, -0.2) is 4.98 Å². The highest BCUT2D eigenvalue weighted by Gasteiger charge is 2.05. The number of nitrogens with zero attached hydrogens (tertiary/aromatic N) is 2. The van der Waals surface area contributed by atoms with Gasteiger partial charge in [-0.3, -0.25) is 4.98 Å². The van der Waals surface area contributed by atoms with Crippen molar-refractivity contribution in [3.63, 3.8) is 0 Å². The molecule has 0 aliphatic heterocycles. The Morgan fingerprint density at radius 1 is 1.43 bits per heavy atom. The molecule has 1 atom stereocenters. The Morgan fingerprint density at radius 2 is 2.21 bits per heavy atom. The molecular weight excluding hydrogens is 176 g/mol. The number of hydrogen-bond acceptors (Lipinski definition) is 4. The fourth-order valence-electron chi connectivity index (χ4n) is 1.39. The molecule has 0 amide bonds. The van der Waals surface area contributed by atoms with Crippen LogP contribution in [0.2, 0.25) is 0 Å². The van der Waals surface area contributed by atoms with Gasteiger partial charge in [0, 0.05) is 6.04 Å². The van der Waals surface area contributed by atoms with Crippen molar-refractivity contribution in [2.75, 3.05) is 11.1 Å². The molecule has 0 aliphatic carbocycles. The van der Waals surface area contributed by atoms with Crippen molar-refractivity contribution in [1.82, 2.24) is 9.97 Å². The molecule has 1 unspecified atom stereocenters. The average molecular weight is 194 g/mol. The smallest absolute Gasteiger partial charge is 0.147 e. The summed E-state index contributed by atoms with van der Waals surface area (Å²) in [4.78, 5) is 8.13. The van der Waals surface area contributed by atoms with E-state index in [2.05, 4.69) is 29.1 Å². The highest BCUT2D eigenvalue weighted by molar-refractivity contribution is 5.39. The molecular formula is C10H18N4. The second-order valence-corrected chi connectivity index (χ2v) is 3.37. The van der Waals surface area contributed by atoms with Gasteiger partial charge in [0.1, 0.15) is 11.6 Å². The molecule has 0 saturated heterocycles. The third kappa shape index (κ3) is 3.20. The molecule has 1 rings (SSSR count). The summed E-state index contributed by atoms with van der Waals surface area (Å²) in [6.07, 6.45) is 6.65. The molecule has 78 valence electrons. The molecule has 0 radical (unpaired) electrons. The number of nitrogens with one attached hydrogen (secondary N) is 1.